The number of aromatic nitrogens is 1. The molecule has 88 valence electrons. The molecular formula is C11H14Cl2N2S. The maximum atomic E-state index is 6.11. The van der Waals surface area contributed by atoms with Crippen molar-refractivity contribution in [2.45, 2.75) is 19.5 Å². The van der Waals surface area contributed by atoms with E-state index in [-0.39, 0.29) is 0 Å². The fourth-order valence-electron chi connectivity index (χ4n) is 1.76. The first kappa shape index (κ1) is 12.5. The van der Waals surface area contributed by atoms with E-state index in [9.17, 15) is 0 Å². The Labute approximate surface area is 110 Å². The Morgan fingerprint density at radius 1 is 1.50 bits per heavy atom. The van der Waals surface area contributed by atoms with E-state index < -0.39 is 0 Å². The second kappa shape index (κ2) is 5.58. The Hall–Kier alpha value is 0.0400. The van der Waals surface area contributed by atoms with E-state index in [0.717, 1.165) is 18.8 Å². The molecule has 1 aliphatic rings. The monoisotopic (exact) mass is 276 g/mol. The van der Waals surface area contributed by atoms with Crippen LogP contribution in [0.15, 0.2) is 12.1 Å². The minimum Gasteiger partial charge on any atom is -0.293 e. The third-order valence-corrected chi connectivity index (χ3v) is 4.49. The molecule has 0 bridgehead atoms. The Bertz CT molecular complexity index is 373. The smallest absolute Gasteiger partial charge is 0.129 e. The predicted octanol–water partition coefficient (Wildman–Crippen LogP) is 3.33. The SMILES string of the molecule is CC1CSCCN1Cc1nc(Cl)ccc1Cl. The average molecular weight is 277 g/mol. The van der Waals surface area contributed by atoms with E-state index in [0.29, 0.717) is 16.2 Å². The summed E-state index contributed by atoms with van der Waals surface area (Å²) in [5, 5.41) is 1.22. The Balaban J connectivity index is 2.10. The highest BCUT2D eigenvalue weighted by atomic mass is 35.5. The van der Waals surface area contributed by atoms with Crippen LogP contribution in [0.1, 0.15) is 12.6 Å². The molecule has 1 aromatic rings. The summed E-state index contributed by atoms with van der Waals surface area (Å²) in [4.78, 5) is 6.69. The topological polar surface area (TPSA) is 16.1 Å². The van der Waals surface area contributed by atoms with Crippen LogP contribution in [-0.2, 0) is 6.54 Å². The zero-order valence-corrected chi connectivity index (χ0v) is 11.4. The van der Waals surface area contributed by atoms with E-state index in [1.54, 1.807) is 6.07 Å². The molecule has 16 heavy (non-hydrogen) atoms. The molecule has 0 aliphatic carbocycles. The highest BCUT2D eigenvalue weighted by molar-refractivity contribution is 7.99. The Morgan fingerprint density at radius 3 is 3.06 bits per heavy atom. The average Bonchev–Trinajstić information content (AvgIpc) is 2.27. The number of thioether (sulfide) groups is 1. The largest absolute Gasteiger partial charge is 0.293 e. The van der Waals surface area contributed by atoms with Crippen LogP contribution in [0.5, 0.6) is 0 Å². The van der Waals surface area contributed by atoms with Crippen LogP contribution in [0, 0.1) is 0 Å². The van der Waals surface area contributed by atoms with Crippen molar-refractivity contribution in [3.05, 3.63) is 28.0 Å². The number of hydrogen-bond acceptors (Lipinski definition) is 3. The first-order valence-electron chi connectivity index (χ1n) is 5.29. The van der Waals surface area contributed by atoms with Crippen molar-refractivity contribution in [3.63, 3.8) is 0 Å². The molecule has 0 spiro atoms. The van der Waals surface area contributed by atoms with Crippen LogP contribution in [-0.4, -0.2) is 34.0 Å². The van der Waals surface area contributed by atoms with Gasteiger partial charge in [0.05, 0.1) is 10.7 Å². The Kier molecular flexibility index (Phi) is 4.36. The number of hydrogen-bond donors (Lipinski definition) is 0. The van der Waals surface area contributed by atoms with Gasteiger partial charge in [0.1, 0.15) is 5.15 Å². The van der Waals surface area contributed by atoms with Gasteiger partial charge in [0.25, 0.3) is 0 Å². The van der Waals surface area contributed by atoms with Crippen LogP contribution in [0.25, 0.3) is 0 Å². The van der Waals surface area contributed by atoms with Gasteiger partial charge < -0.3 is 0 Å². The minimum absolute atomic E-state index is 0.512. The number of nitrogens with zero attached hydrogens (tertiary/aromatic N) is 2. The fraction of sp³-hybridized carbons (Fsp3) is 0.545. The lowest BCUT2D eigenvalue weighted by atomic mass is 10.2. The molecule has 2 nitrogen and oxygen atoms in total. The van der Waals surface area contributed by atoms with E-state index in [2.05, 4.69) is 16.8 Å². The third kappa shape index (κ3) is 3.04. The molecule has 2 heterocycles. The standard InChI is InChI=1S/C11H14Cl2N2S/c1-8-7-16-5-4-15(8)6-10-9(12)2-3-11(13)14-10/h2-3,8H,4-7H2,1H3. The van der Waals surface area contributed by atoms with Gasteiger partial charge in [0, 0.05) is 30.6 Å². The molecular weight excluding hydrogens is 263 g/mol. The van der Waals surface area contributed by atoms with Crippen molar-refractivity contribution in [1.29, 1.82) is 0 Å². The van der Waals surface area contributed by atoms with Gasteiger partial charge in [0.15, 0.2) is 0 Å². The lowest BCUT2D eigenvalue weighted by molar-refractivity contribution is 0.221. The summed E-state index contributed by atoms with van der Waals surface area (Å²) < 4.78 is 0. The second-order valence-electron chi connectivity index (χ2n) is 3.96. The summed E-state index contributed by atoms with van der Waals surface area (Å²) in [6.07, 6.45) is 0. The van der Waals surface area contributed by atoms with Crippen molar-refractivity contribution in [2.24, 2.45) is 0 Å². The molecule has 0 aromatic carbocycles. The van der Waals surface area contributed by atoms with Crippen LogP contribution < -0.4 is 0 Å². The number of rotatable bonds is 2. The van der Waals surface area contributed by atoms with E-state index in [1.165, 1.54) is 11.5 Å². The third-order valence-electron chi connectivity index (χ3n) is 2.74. The van der Waals surface area contributed by atoms with Crippen molar-refractivity contribution in [1.82, 2.24) is 9.88 Å². The van der Waals surface area contributed by atoms with Gasteiger partial charge in [-0.15, -0.1) is 0 Å². The van der Waals surface area contributed by atoms with Gasteiger partial charge in [-0.25, -0.2) is 4.98 Å². The van der Waals surface area contributed by atoms with Crippen LogP contribution in [0.2, 0.25) is 10.2 Å². The van der Waals surface area contributed by atoms with Crippen molar-refractivity contribution in [3.8, 4) is 0 Å². The zero-order valence-electron chi connectivity index (χ0n) is 9.12. The van der Waals surface area contributed by atoms with Gasteiger partial charge in [-0.2, -0.15) is 11.8 Å². The molecule has 1 fully saturated rings. The fourth-order valence-corrected chi connectivity index (χ4v) is 3.17. The predicted molar refractivity (Wildman–Crippen MR) is 71.5 cm³/mol. The van der Waals surface area contributed by atoms with E-state index >= 15 is 0 Å². The van der Waals surface area contributed by atoms with Crippen molar-refractivity contribution < 1.29 is 0 Å². The van der Waals surface area contributed by atoms with Gasteiger partial charge in [-0.05, 0) is 19.1 Å². The number of pyridine rings is 1. The molecule has 1 aromatic heterocycles. The molecule has 0 saturated carbocycles. The Morgan fingerprint density at radius 2 is 2.31 bits per heavy atom. The van der Waals surface area contributed by atoms with Crippen LogP contribution in [0.4, 0.5) is 0 Å². The molecule has 1 atom stereocenters. The van der Waals surface area contributed by atoms with Gasteiger partial charge >= 0.3 is 0 Å². The zero-order chi connectivity index (χ0) is 11.5. The molecule has 1 unspecified atom stereocenters. The molecule has 0 N–H and O–H groups in total. The summed E-state index contributed by atoms with van der Waals surface area (Å²) in [6.45, 7) is 4.13. The summed E-state index contributed by atoms with van der Waals surface area (Å²) in [6, 6.07) is 4.12. The summed E-state index contributed by atoms with van der Waals surface area (Å²) in [5.74, 6) is 2.36. The molecule has 5 heteroatoms. The van der Waals surface area contributed by atoms with Crippen molar-refractivity contribution >= 4 is 35.0 Å². The normalized spacial score (nSPS) is 22.3. The molecule has 0 radical (unpaired) electrons. The molecule has 2 rings (SSSR count). The molecule has 0 amide bonds. The van der Waals surface area contributed by atoms with Crippen LogP contribution >= 0.6 is 35.0 Å². The summed E-state index contributed by atoms with van der Waals surface area (Å²) >= 11 is 14.0. The highest BCUT2D eigenvalue weighted by Crippen LogP contribution is 2.22. The first-order chi connectivity index (χ1) is 7.66. The maximum absolute atomic E-state index is 6.11. The maximum Gasteiger partial charge on any atom is 0.129 e. The van der Waals surface area contributed by atoms with Gasteiger partial charge in [-0.3, -0.25) is 4.90 Å². The van der Waals surface area contributed by atoms with Gasteiger partial charge in [0.2, 0.25) is 0 Å². The first-order valence-corrected chi connectivity index (χ1v) is 7.20. The molecule has 1 saturated heterocycles. The van der Waals surface area contributed by atoms with Crippen molar-refractivity contribution in [2.75, 3.05) is 18.1 Å². The lowest BCUT2D eigenvalue weighted by Gasteiger charge is -2.32. The minimum atomic E-state index is 0.512. The summed E-state index contributed by atoms with van der Waals surface area (Å²) in [7, 11) is 0. The van der Waals surface area contributed by atoms with E-state index in [1.807, 2.05) is 17.8 Å². The van der Waals surface area contributed by atoms with Gasteiger partial charge in [-0.1, -0.05) is 23.2 Å². The summed E-state index contributed by atoms with van der Waals surface area (Å²) in [5.41, 5.74) is 0.882. The second-order valence-corrected chi connectivity index (χ2v) is 5.90. The number of halogens is 2. The van der Waals surface area contributed by atoms with E-state index in [4.69, 9.17) is 23.2 Å². The highest BCUT2D eigenvalue weighted by Gasteiger charge is 2.20. The quantitative estimate of drug-likeness (QED) is 0.771. The lowest BCUT2D eigenvalue weighted by Crippen LogP contribution is -2.39. The molecule has 1 aliphatic heterocycles. The van der Waals surface area contributed by atoms with Crippen LogP contribution in [0.3, 0.4) is 0 Å².